The number of hydrogen-bond acceptors (Lipinski definition) is 6. The molecular formula is C20H28O6. The Morgan fingerprint density at radius 2 is 1.54 bits per heavy atom. The van der Waals surface area contributed by atoms with Gasteiger partial charge in [0.05, 0.1) is 0 Å². The molecule has 0 atom stereocenters. The molecule has 26 heavy (non-hydrogen) atoms. The van der Waals surface area contributed by atoms with Gasteiger partial charge in [0.15, 0.2) is 11.5 Å². The van der Waals surface area contributed by atoms with E-state index in [-0.39, 0.29) is 17.5 Å². The summed E-state index contributed by atoms with van der Waals surface area (Å²) in [5, 5.41) is 9.51. The number of phenols is 1. The van der Waals surface area contributed by atoms with E-state index in [2.05, 4.69) is 13.2 Å². The Kier molecular flexibility index (Phi) is 8.63. The van der Waals surface area contributed by atoms with Crippen LogP contribution >= 0.6 is 0 Å². The van der Waals surface area contributed by atoms with E-state index in [4.69, 9.17) is 14.2 Å². The van der Waals surface area contributed by atoms with Gasteiger partial charge in [0.25, 0.3) is 0 Å². The Hall–Kier alpha value is -2.76. The standard InChI is InChI=1S/C13H16O4.C7H12O2/c1-5-9-6-7-10(14)11(8-9)16-12(15)17-13(2,3)4;1-5-6(8)9-7(2,3)4/h5-8,14H,1H2,2-4H3;5H,1H2,2-4H3. The van der Waals surface area contributed by atoms with Gasteiger partial charge in [-0.3, -0.25) is 0 Å². The summed E-state index contributed by atoms with van der Waals surface area (Å²) in [6.45, 7) is 17.5. The summed E-state index contributed by atoms with van der Waals surface area (Å²) in [4.78, 5) is 21.9. The van der Waals surface area contributed by atoms with Crippen LogP contribution in [-0.4, -0.2) is 28.4 Å². The zero-order valence-corrected chi connectivity index (χ0v) is 16.3. The second-order valence-electron chi connectivity index (χ2n) is 7.24. The quantitative estimate of drug-likeness (QED) is 0.468. The average molecular weight is 364 g/mol. The molecule has 6 nitrogen and oxygen atoms in total. The molecule has 0 radical (unpaired) electrons. The number of aromatic hydroxyl groups is 1. The molecule has 144 valence electrons. The first kappa shape index (κ1) is 23.2. The SMILES string of the molecule is C=CC(=O)OC(C)(C)C.C=Cc1ccc(O)c(OC(=O)OC(C)(C)C)c1. The maximum Gasteiger partial charge on any atom is 0.514 e. The van der Waals surface area contributed by atoms with Gasteiger partial charge in [-0.15, -0.1) is 0 Å². The predicted molar refractivity (Wildman–Crippen MR) is 101 cm³/mol. The molecule has 1 aromatic rings. The summed E-state index contributed by atoms with van der Waals surface area (Å²) >= 11 is 0. The van der Waals surface area contributed by atoms with Crippen LogP contribution in [0.15, 0.2) is 37.4 Å². The van der Waals surface area contributed by atoms with Gasteiger partial charge >= 0.3 is 12.1 Å². The van der Waals surface area contributed by atoms with Crippen molar-refractivity contribution in [1.82, 2.24) is 0 Å². The van der Waals surface area contributed by atoms with Crippen LogP contribution in [0, 0.1) is 0 Å². The third-order valence-corrected chi connectivity index (χ3v) is 2.38. The van der Waals surface area contributed by atoms with E-state index < -0.39 is 17.4 Å². The number of ether oxygens (including phenoxy) is 3. The number of carbonyl (C=O) groups is 2. The van der Waals surface area contributed by atoms with Gasteiger partial charge in [-0.1, -0.05) is 25.3 Å². The Bertz CT molecular complexity index is 647. The first-order chi connectivity index (χ1) is 11.8. The van der Waals surface area contributed by atoms with Gasteiger partial charge in [-0.05, 0) is 59.2 Å². The fourth-order valence-corrected chi connectivity index (χ4v) is 1.44. The van der Waals surface area contributed by atoms with E-state index in [1.165, 1.54) is 12.1 Å². The molecule has 0 bridgehead atoms. The van der Waals surface area contributed by atoms with Crippen molar-refractivity contribution in [2.45, 2.75) is 52.7 Å². The zero-order chi connectivity index (χ0) is 20.5. The minimum Gasteiger partial charge on any atom is -0.504 e. The van der Waals surface area contributed by atoms with E-state index in [0.29, 0.717) is 0 Å². The lowest BCUT2D eigenvalue weighted by Gasteiger charge is -2.18. The van der Waals surface area contributed by atoms with Crippen molar-refractivity contribution in [3.8, 4) is 11.5 Å². The van der Waals surface area contributed by atoms with Crippen molar-refractivity contribution in [3.05, 3.63) is 43.0 Å². The highest BCUT2D eigenvalue weighted by Crippen LogP contribution is 2.28. The molecule has 0 unspecified atom stereocenters. The van der Waals surface area contributed by atoms with Gasteiger partial charge in [0.1, 0.15) is 11.2 Å². The molecule has 0 amide bonds. The second-order valence-corrected chi connectivity index (χ2v) is 7.24. The van der Waals surface area contributed by atoms with E-state index >= 15 is 0 Å². The fourth-order valence-electron chi connectivity index (χ4n) is 1.44. The summed E-state index contributed by atoms with van der Waals surface area (Å²) in [7, 11) is 0. The Labute approximate surface area is 155 Å². The highest BCUT2D eigenvalue weighted by molar-refractivity contribution is 5.81. The van der Waals surface area contributed by atoms with Crippen LogP contribution in [0.4, 0.5) is 4.79 Å². The zero-order valence-electron chi connectivity index (χ0n) is 16.3. The van der Waals surface area contributed by atoms with Crippen molar-refractivity contribution >= 4 is 18.2 Å². The van der Waals surface area contributed by atoms with Crippen molar-refractivity contribution in [1.29, 1.82) is 0 Å². The largest absolute Gasteiger partial charge is 0.514 e. The molecular weight excluding hydrogens is 336 g/mol. The molecule has 0 aliphatic heterocycles. The smallest absolute Gasteiger partial charge is 0.504 e. The summed E-state index contributed by atoms with van der Waals surface area (Å²) < 4.78 is 14.7. The summed E-state index contributed by atoms with van der Waals surface area (Å²) in [6.07, 6.45) is 1.89. The molecule has 0 saturated heterocycles. The highest BCUT2D eigenvalue weighted by atomic mass is 16.7. The number of benzene rings is 1. The average Bonchev–Trinajstić information content (AvgIpc) is 2.46. The van der Waals surface area contributed by atoms with Crippen molar-refractivity contribution in [2.24, 2.45) is 0 Å². The maximum atomic E-state index is 11.4. The second kappa shape index (κ2) is 9.65. The van der Waals surface area contributed by atoms with Crippen molar-refractivity contribution in [2.75, 3.05) is 0 Å². The van der Waals surface area contributed by atoms with Crippen molar-refractivity contribution in [3.63, 3.8) is 0 Å². The third-order valence-electron chi connectivity index (χ3n) is 2.38. The Balaban J connectivity index is 0.000000590. The topological polar surface area (TPSA) is 82.1 Å². The third kappa shape index (κ3) is 10.9. The minimum atomic E-state index is -0.853. The number of hydrogen-bond donors (Lipinski definition) is 1. The van der Waals surface area contributed by atoms with Crippen LogP contribution in [0.2, 0.25) is 0 Å². The van der Waals surface area contributed by atoms with Crippen LogP contribution in [-0.2, 0) is 14.3 Å². The van der Waals surface area contributed by atoms with E-state index in [1.54, 1.807) is 32.9 Å². The van der Waals surface area contributed by atoms with Gasteiger partial charge < -0.3 is 19.3 Å². The summed E-state index contributed by atoms with van der Waals surface area (Å²) in [5.74, 6) is -0.444. The number of carbonyl (C=O) groups excluding carboxylic acids is 2. The van der Waals surface area contributed by atoms with Crippen molar-refractivity contribution < 1.29 is 28.9 Å². The minimum absolute atomic E-state index is 0.0525. The van der Waals surface area contributed by atoms with E-state index in [0.717, 1.165) is 11.6 Å². The lowest BCUT2D eigenvalue weighted by Crippen LogP contribution is -2.26. The summed E-state index contributed by atoms with van der Waals surface area (Å²) in [6, 6.07) is 4.59. The lowest BCUT2D eigenvalue weighted by atomic mass is 10.2. The molecule has 0 fully saturated rings. The molecule has 1 aromatic carbocycles. The van der Waals surface area contributed by atoms with Gasteiger partial charge in [0, 0.05) is 6.08 Å². The van der Waals surface area contributed by atoms with Gasteiger partial charge in [-0.25, -0.2) is 9.59 Å². The van der Waals surface area contributed by atoms with Crippen LogP contribution in [0.3, 0.4) is 0 Å². The van der Waals surface area contributed by atoms with Gasteiger partial charge in [-0.2, -0.15) is 0 Å². The molecule has 0 spiro atoms. The maximum absolute atomic E-state index is 11.4. The number of rotatable bonds is 3. The molecule has 0 aromatic heterocycles. The summed E-state index contributed by atoms with van der Waals surface area (Å²) in [5.41, 5.74) is -0.296. The Morgan fingerprint density at radius 3 is 1.92 bits per heavy atom. The fraction of sp³-hybridized carbons (Fsp3) is 0.400. The van der Waals surface area contributed by atoms with Crippen LogP contribution < -0.4 is 4.74 Å². The number of phenolic OH excluding ortho intramolecular Hbond substituents is 1. The molecule has 6 heteroatoms. The van der Waals surface area contributed by atoms with Gasteiger partial charge in [0.2, 0.25) is 0 Å². The van der Waals surface area contributed by atoms with E-state index in [9.17, 15) is 14.7 Å². The molecule has 1 rings (SSSR count). The van der Waals surface area contributed by atoms with E-state index in [1.807, 2.05) is 20.8 Å². The highest BCUT2D eigenvalue weighted by Gasteiger charge is 2.19. The van der Waals surface area contributed by atoms with Crippen LogP contribution in [0.5, 0.6) is 11.5 Å². The monoisotopic (exact) mass is 364 g/mol. The van der Waals surface area contributed by atoms with Crippen LogP contribution in [0.25, 0.3) is 6.08 Å². The molecule has 0 saturated carbocycles. The lowest BCUT2D eigenvalue weighted by molar-refractivity contribution is -0.148. The Morgan fingerprint density at radius 1 is 1.00 bits per heavy atom. The predicted octanol–water partition coefficient (Wildman–Crippen LogP) is 4.86. The first-order valence-corrected chi connectivity index (χ1v) is 7.99. The van der Waals surface area contributed by atoms with Crippen LogP contribution in [0.1, 0.15) is 47.1 Å². The molecule has 0 aliphatic rings. The molecule has 0 heterocycles. The molecule has 1 N–H and O–H groups in total. The molecule has 0 aliphatic carbocycles. The number of esters is 1. The normalized spacial score (nSPS) is 10.7. The first-order valence-electron chi connectivity index (χ1n) is 7.99.